The van der Waals surface area contributed by atoms with Gasteiger partial charge in [-0.25, -0.2) is 0 Å². The lowest BCUT2D eigenvalue weighted by Gasteiger charge is -2.15. The Morgan fingerprint density at radius 3 is 2.52 bits per heavy atom. The van der Waals surface area contributed by atoms with E-state index >= 15 is 0 Å². The average molecular weight is 334 g/mol. The summed E-state index contributed by atoms with van der Waals surface area (Å²) in [6.45, 7) is 2.37. The molecule has 7 heteroatoms. The SMILES string of the molecule is CCCCCCOc1ccc(CCC(=O)O)cc1OC(F)(F)F. The maximum absolute atomic E-state index is 12.5. The standard InChI is InChI=1S/C16H21F3O4/c1-2-3-4-5-10-22-13-8-6-12(7-9-15(20)21)11-14(13)23-16(17,18)19/h6,8,11H,2-5,7,9-10H2,1H3,(H,20,21). The summed E-state index contributed by atoms with van der Waals surface area (Å²) in [5, 5.41) is 8.64. The van der Waals surface area contributed by atoms with E-state index in [0.717, 1.165) is 25.7 Å². The molecule has 0 amide bonds. The Morgan fingerprint density at radius 2 is 1.91 bits per heavy atom. The third-order valence-electron chi connectivity index (χ3n) is 3.12. The lowest BCUT2D eigenvalue weighted by Crippen LogP contribution is -2.18. The molecule has 0 spiro atoms. The number of unbranched alkanes of at least 4 members (excludes halogenated alkanes) is 3. The Balaban J connectivity index is 2.75. The van der Waals surface area contributed by atoms with Crippen molar-refractivity contribution >= 4 is 5.97 Å². The third-order valence-corrected chi connectivity index (χ3v) is 3.12. The fraction of sp³-hybridized carbons (Fsp3) is 0.562. The number of hydrogen-bond donors (Lipinski definition) is 1. The van der Waals surface area contributed by atoms with Crippen molar-refractivity contribution < 1.29 is 32.5 Å². The molecule has 0 aromatic heterocycles. The van der Waals surface area contributed by atoms with Crippen LogP contribution in [0.4, 0.5) is 13.2 Å². The van der Waals surface area contributed by atoms with Gasteiger partial charge < -0.3 is 14.6 Å². The number of aryl methyl sites for hydroxylation is 1. The summed E-state index contributed by atoms with van der Waals surface area (Å²) in [5.41, 5.74) is 0.449. The fourth-order valence-corrected chi connectivity index (χ4v) is 1.99. The minimum Gasteiger partial charge on any atom is -0.490 e. The molecule has 23 heavy (non-hydrogen) atoms. The van der Waals surface area contributed by atoms with Gasteiger partial charge in [0.25, 0.3) is 0 Å². The molecule has 0 aliphatic heterocycles. The third kappa shape index (κ3) is 8.32. The molecule has 0 bridgehead atoms. The molecule has 0 aliphatic rings. The summed E-state index contributed by atoms with van der Waals surface area (Å²) in [7, 11) is 0. The normalized spacial score (nSPS) is 11.3. The highest BCUT2D eigenvalue weighted by atomic mass is 19.4. The molecule has 1 N–H and O–H groups in total. The van der Waals surface area contributed by atoms with Crippen molar-refractivity contribution in [2.45, 2.75) is 51.8 Å². The van der Waals surface area contributed by atoms with E-state index in [1.807, 2.05) is 0 Å². The molecule has 130 valence electrons. The van der Waals surface area contributed by atoms with Crippen LogP contribution < -0.4 is 9.47 Å². The summed E-state index contributed by atoms with van der Waals surface area (Å²) in [5.74, 6) is -1.44. The Labute approximate surface area is 133 Å². The molecule has 1 aromatic carbocycles. The number of carboxylic acid groups (broad SMARTS) is 1. The molecule has 0 aliphatic carbocycles. The van der Waals surface area contributed by atoms with E-state index in [1.165, 1.54) is 12.1 Å². The molecular formula is C16H21F3O4. The second kappa shape index (κ2) is 9.27. The summed E-state index contributed by atoms with van der Waals surface area (Å²) in [6.07, 6.45) is -1.07. The van der Waals surface area contributed by atoms with Crippen LogP contribution in [0.2, 0.25) is 0 Å². The quantitative estimate of drug-likeness (QED) is 0.637. The van der Waals surface area contributed by atoms with Crippen LogP contribution in [-0.2, 0) is 11.2 Å². The highest BCUT2D eigenvalue weighted by Gasteiger charge is 2.32. The van der Waals surface area contributed by atoms with Crippen LogP contribution in [0, 0.1) is 0 Å². The zero-order valence-corrected chi connectivity index (χ0v) is 13.0. The van der Waals surface area contributed by atoms with E-state index in [0.29, 0.717) is 12.2 Å². The molecule has 0 saturated heterocycles. The molecule has 0 saturated carbocycles. The Bertz CT molecular complexity index is 501. The Hall–Kier alpha value is -1.92. The van der Waals surface area contributed by atoms with Crippen LogP contribution in [0.5, 0.6) is 11.5 Å². The van der Waals surface area contributed by atoms with Crippen molar-refractivity contribution in [1.82, 2.24) is 0 Å². The van der Waals surface area contributed by atoms with Crippen molar-refractivity contribution in [2.24, 2.45) is 0 Å². The topological polar surface area (TPSA) is 55.8 Å². The number of halogens is 3. The first-order chi connectivity index (χ1) is 10.8. The van der Waals surface area contributed by atoms with Gasteiger partial charge in [-0.05, 0) is 30.5 Å². The molecule has 1 rings (SSSR count). The van der Waals surface area contributed by atoms with Crippen molar-refractivity contribution in [3.05, 3.63) is 23.8 Å². The maximum atomic E-state index is 12.5. The summed E-state index contributed by atoms with van der Waals surface area (Å²) in [6, 6.07) is 4.11. The van der Waals surface area contributed by atoms with Gasteiger partial charge in [-0.15, -0.1) is 13.2 Å². The van der Waals surface area contributed by atoms with E-state index in [2.05, 4.69) is 11.7 Å². The molecule has 0 radical (unpaired) electrons. The predicted molar refractivity (Wildman–Crippen MR) is 78.7 cm³/mol. The van der Waals surface area contributed by atoms with E-state index < -0.39 is 18.1 Å². The lowest BCUT2D eigenvalue weighted by atomic mass is 10.1. The molecule has 0 unspecified atom stereocenters. The molecule has 0 atom stereocenters. The lowest BCUT2D eigenvalue weighted by molar-refractivity contribution is -0.275. The minimum absolute atomic E-state index is 0.0119. The minimum atomic E-state index is -4.83. The van der Waals surface area contributed by atoms with Gasteiger partial charge in [-0.1, -0.05) is 32.3 Å². The second-order valence-electron chi connectivity index (χ2n) is 5.13. The van der Waals surface area contributed by atoms with Gasteiger partial charge in [0.15, 0.2) is 11.5 Å². The Kier molecular flexibility index (Phi) is 7.71. The number of rotatable bonds is 10. The molecule has 0 heterocycles. The van der Waals surface area contributed by atoms with Crippen LogP contribution in [0.3, 0.4) is 0 Å². The smallest absolute Gasteiger partial charge is 0.490 e. The first-order valence-electron chi connectivity index (χ1n) is 7.55. The molecule has 4 nitrogen and oxygen atoms in total. The summed E-state index contributed by atoms with van der Waals surface area (Å²) >= 11 is 0. The number of carboxylic acids is 1. The van der Waals surface area contributed by atoms with E-state index in [1.54, 1.807) is 6.07 Å². The van der Waals surface area contributed by atoms with Crippen molar-refractivity contribution in [1.29, 1.82) is 0 Å². The second-order valence-corrected chi connectivity index (χ2v) is 5.13. The maximum Gasteiger partial charge on any atom is 0.573 e. The largest absolute Gasteiger partial charge is 0.573 e. The van der Waals surface area contributed by atoms with Gasteiger partial charge in [0.1, 0.15) is 0 Å². The van der Waals surface area contributed by atoms with Gasteiger partial charge >= 0.3 is 12.3 Å². The zero-order valence-electron chi connectivity index (χ0n) is 13.0. The molecule has 0 fully saturated rings. The number of ether oxygens (including phenoxy) is 2. The van der Waals surface area contributed by atoms with Crippen LogP contribution >= 0.6 is 0 Å². The highest BCUT2D eigenvalue weighted by Crippen LogP contribution is 2.33. The first kappa shape index (κ1) is 19.1. The van der Waals surface area contributed by atoms with Gasteiger partial charge in [0.2, 0.25) is 0 Å². The fourth-order valence-electron chi connectivity index (χ4n) is 1.99. The zero-order chi connectivity index (χ0) is 17.3. The van der Waals surface area contributed by atoms with Crippen LogP contribution in [0.25, 0.3) is 0 Å². The van der Waals surface area contributed by atoms with Gasteiger partial charge in [-0.3, -0.25) is 4.79 Å². The van der Waals surface area contributed by atoms with E-state index in [-0.39, 0.29) is 18.6 Å². The number of alkyl halides is 3. The van der Waals surface area contributed by atoms with Gasteiger partial charge in [-0.2, -0.15) is 0 Å². The van der Waals surface area contributed by atoms with Crippen molar-refractivity contribution in [2.75, 3.05) is 6.61 Å². The molecular weight excluding hydrogens is 313 g/mol. The average Bonchev–Trinajstić information content (AvgIpc) is 2.45. The first-order valence-corrected chi connectivity index (χ1v) is 7.55. The van der Waals surface area contributed by atoms with Gasteiger partial charge in [0, 0.05) is 6.42 Å². The van der Waals surface area contributed by atoms with E-state index in [4.69, 9.17) is 9.84 Å². The number of hydrogen-bond acceptors (Lipinski definition) is 3. The van der Waals surface area contributed by atoms with E-state index in [9.17, 15) is 18.0 Å². The van der Waals surface area contributed by atoms with Crippen molar-refractivity contribution in [3.63, 3.8) is 0 Å². The van der Waals surface area contributed by atoms with Gasteiger partial charge in [0.05, 0.1) is 6.61 Å². The highest BCUT2D eigenvalue weighted by molar-refractivity contribution is 5.67. The van der Waals surface area contributed by atoms with Crippen molar-refractivity contribution in [3.8, 4) is 11.5 Å². The van der Waals surface area contributed by atoms with Crippen LogP contribution in [-0.4, -0.2) is 24.0 Å². The summed E-state index contributed by atoms with van der Waals surface area (Å²) < 4.78 is 46.8. The number of carbonyl (C=O) groups is 1. The van der Waals surface area contributed by atoms with Crippen LogP contribution in [0.15, 0.2) is 18.2 Å². The number of benzene rings is 1. The summed E-state index contributed by atoms with van der Waals surface area (Å²) in [4.78, 5) is 10.5. The predicted octanol–water partition coefficient (Wildman–Crippen LogP) is 4.56. The monoisotopic (exact) mass is 334 g/mol. The number of aliphatic carboxylic acids is 1. The Morgan fingerprint density at radius 1 is 1.17 bits per heavy atom. The molecule has 1 aromatic rings. The van der Waals surface area contributed by atoms with Crippen LogP contribution in [0.1, 0.15) is 44.6 Å².